The molecule has 0 amide bonds. The van der Waals surface area contributed by atoms with Gasteiger partial charge in [-0.15, -0.1) is 0 Å². The van der Waals surface area contributed by atoms with Gasteiger partial charge in [0.25, 0.3) is 0 Å². The molecule has 0 saturated carbocycles. The molecule has 3 nitrogen and oxygen atoms in total. The van der Waals surface area contributed by atoms with Crippen molar-refractivity contribution in [3.63, 3.8) is 0 Å². The largest absolute Gasteiger partial charge is 0.459 e. The molecule has 21 heavy (non-hydrogen) atoms. The molecule has 1 atom stereocenters. The lowest BCUT2D eigenvalue weighted by molar-refractivity contribution is 0.472. The van der Waals surface area contributed by atoms with Gasteiger partial charge >= 0.3 is 0 Å². The first-order valence-corrected chi connectivity index (χ1v) is 6.57. The van der Waals surface area contributed by atoms with E-state index in [1.807, 2.05) is 6.92 Å². The Hall–Kier alpha value is -2.27. The maximum Gasteiger partial charge on any atom is 0.146 e. The minimum absolute atomic E-state index is 0.325. The van der Waals surface area contributed by atoms with Gasteiger partial charge in [-0.3, -0.25) is 4.98 Å². The fraction of sp³-hybridized carbons (Fsp3) is 0.188. The second-order valence-electron chi connectivity index (χ2n) is 4.85. The maximum absolute atomic E-state index is 14.0. The van der Waals surface area contributed by atoms with Crippen molar-refractivity contribution >= 4 is 11.0 Å². The molecule has 0 saturated heterocycles. The third-order valence-corrected chi connectivity index (χ3v) is 3.60. The van der Waals surface area contributed by atoms with Gasteiger partial charge < -0.3 is 9.73 Å². The molecule has 108 valence electrons. The van der Waals surface area contributed by atoms with Crippen LogP contribution in [0, 0.1) is 18.6 Å². The zero-order valence-corrected chi connectivity index (χ0v) is 11.7. The molecule has 0 spiro atoms. The molecule has 0 bridgehead atoms. The Morgan fingerprint density at radius 1 is 1.24 bits per heavy atom. The standard InChI is InChI=1S/C16H14F2N2O/c1-9-12-7-10(17)3-4-14(12)21-16(9)15(19-2)11-5-6-20-8-13(11)18/h3-8,15,19H,1-2H3. The van der Waals surface area contributed by atoms with Crippen LogP contribution >= 0.6 is 0 Å². The van der Waals surface area contributed by atoms with E-state index < -0.39 is 11.9 Å². The summed E-state index contributed by atoms with van der Waals surface area (Å²) < 4.78 is 33.1. The van der Waals surface area contributed by atoms with Crippen molar-refractivity contribution in [3.05, 3.63) is 65.2 Å². The zero-order chi connectivity index (χ0) is 15.0. The lowest BCUT2D eigenvalue weighted by Gasteiger charge is -2.15. The van der Waals surface area contributed by atoms with E-state index in [0.29, 0.717) is 22.3 Å². The number of halogens is 2. The highest BCUT2D eigenvalue weighted by Crippen LogP contribution is 2.33. The number of rotatable bonds is 3. The molecule has 5 heteroatoms. The average Bonchev–Trinajstić information content (AvgIpc) is 2.79. The van der Waals surface area contributed by atoms with Crippen LogP contribution in [0.1, 0.15) is 22.9 Å². The van der Waals surface area contributed by atoms with Gasteiger partial charge in [0, 0.05) is 22.7 Å². The third kappa shape index (κ3) is 2.29. The second kappa shape index (κ2) is 5.26. The Kier molecular flexibility index (Phi) is 3.43. The summed E-state index contributed by atoms with van der Waals surface area (Å²) in [6, 6.07) is 5.49. The van der Waals surface area contributed by atoms with E-state index in [4.69, 9.17) is 4.42 Å². The molecule has 0 radical (unpaired) electrons. The number of pyridine rings is 1. The summed E-state index contributed by atoms with van der Waals surface area (Å²) in [7, 11) is 1.72. The van der Waals surface area contributed by atoms with Crippen LogP contribution in [-0.2, 0) is 0 Å². The van der Waals surface area contributed by atoms with Gasteiger partial charge in [0.1, 0.15) is 23.0 Å². The number of nitrogens with zero attached hydrogens (tertiary/aromatic N) is 1. The van der Waals surface area contributed by atoms with Gasteiger partial charge in [0.15, 0.2) is 0 Å². The lowest BCUT2D eigenvalue weighted by atomic mass is 10.0. The predicted octanol–water partition coefficient (Wildman–Crippen LogP) is 3.72. The Morgan fingerprint density at radius 2 is 2.05 bits per heavy atom. The second-order valence-corrected chi connectivity index (χ2v) is 4.85. The molecule has 0 aliphatic heterocycles. The smallest absolute Gasteiger partial charge is 0.146 e. The first-order chi connectivity index (χ1) is 10.1. The topological polar surface area (TPSA) is 38.1 Å². The van der Waals surface area contributed by atoms with Crippen LogP contribution in [0.5, 0.6) is 0 Å². The van der Waals surface area contributed by atoms with E-state index in [1.165, 1.54) is 18.3 Å². The van der Waals surface area contributed by atoms with Gasteiger partial charge in [-0.1, -0.05) is 0 Å². The first kappa shape index (κ1) is 13.7. The van der Waals surface area contributed by atoms with Crippen LogP contribution in [0.25, 0.3) is 11.0 Å². The molecule has 1 unspecified atom stereocenters. The Bertz CT molecular complexity index is 798. The molecule has 0 fully saturated rings. The first-order valence-electron chi connectivity index (χ1n) is 6.57. The summed E-state index contributed by atoms with van der Waals surface area (Å²) >= 11 is 0. The SMILES string of the molecule is CNC(c1ccncc1F)c1oc2ccc(F)cc2c1C. The maximum atomic E-state index is 14.0. The van der Waals surface area contributed by atoms with Crippen molar-refractivity contribution in [2.24, 2.45) is 0 Å². The van der Waals surface area contributed by atoms with E-state index in [-0.39, 0.29) is 5.82 Å². The van der Waals surface area contributed by atoms with Gasteiger partial charge in [-0.05, 0) is 38.2 Å². The van der Waals surface area contributed by atoms with Crippen LogP contribution in [0.15, 0.2) is 41.1 Å². The number of aromatic nitrogens is 1. The van der Waals surface area contributed by atoms with Crippen LogP contribution in [-0.4, -0.2) is 12.0 Å². The molecule has 2 heterocycles. The molecule has 0 aliphatic carbocycles. The Morgan fingerprint density at radius 3 is 2.76 bits per heavy atom. The number of aryl methyl sites for hydroxylation is 1. The van der Waals surface area contributed by atoms with E-state index in [0.717, 1.165) is 11.8 Å². The fourth-order valence-electron chi connectivity index (χ4n) is 2.54. The summed E-state index contributed by atoms with van der Waals surface area (Å²) in [5.74, 6) is -0.167. The monoisotopic (exact) mass is 288 g/mol. The summed E-state index contributed by atoms with van der Waals surface area (Å²) in [5, 5.41) is 3.73. The number of fused-ring (bicyclic) bond motifs is 1. The Labute approximate surface area is 120 Å². The van der Waals surface area contributed by atoms with Crippen molar-refractivity contribution < 1.29 is 13.2 Å². The summed E-state index contributed by atoms with van der Waals surface area (Å²) in [6.07, 6.45) is 2.69. The van der Waals surface area contributed by atoms with E-state index in [2.05, 4.69) is 10.3 Å². The zero-order valence-electron chi connectivity index (χ0n) is 11.7. The van der Waals surface area contributed by atoms with Crippen LogP contribution in [0.2, 0.25) is 0 Å². The van der Waals surface area contributed by atoms with Crippen LogP contribution < -0.4 is 5.32 Å². The van der Waals surface area contributed by atoms with Gasteiger partial charge in [-0.25, -0.2) is 8.78 Å². The molecule has 3 aromatic rings. The van der Waals surface area contributed by atoms with E-state index >= 15 is 0 Å². The summed E-state index contributed by atoms with van der Waals surface area (Å²) in [6.45, 7) is 1.84. The molecule has 3 rings (SSSR count). The highest BCUT2D eigenvalue weighted by Gasteiger charge is 2.23. The molecule has 1 aromatic carbocycles. The van der Waals surface area contributed by atoms with Crippen LogP contribution in [0.3, 0.4) is 0 Å². The number of nitrogens with one attached hydrogen (secondary N) is 1. The number of hydrogen-bond acceptors (Lipinski definition) is 3. The fourth-order valence-corrected chi connectivity index (χ4v) is 2.54. The minimum atomic E-state index is -0.455. The van der Waals surface area contributed by atoms with E-state index in [1.54, 1.807) is 19.2 Å². The van der Waals surface area contributed by atoms with Crippen molar-refractivity contribution in [3.8, 4) is 0 Å². The highest BCUT2D eigenvalue weighted by molar-refractivity contribution is 5.82. The van der Waals surface area contributed by atoms with Crippen molar-refractivity contribution in [2.75, 3.05) is 7.05 Å². The Balaban J connectivity index is 2.18. The number of hydrogen-bond donors (Lipinski definition) is 1. The summed E-state index contributed by atoms with van der Waals surface area (Å²) in [4.78, 5) is 3.75. The van der Waals surface area contributed by atoms with Gasteiger partial charge in [-0.2, -0.15) is 0 Å². The number of benzene rings is 1. The normalized spacial score (nSPS) is 12.8. The molecule has 0 aliphatic rings. The van der Waals surface area contributed by atoms with Crippen molar-refractivity contribution in [1.82, 2.24) is 10.3 Å². The van der Waals surface area contributed by atoms with Crippen LogP contribution in [0.4, 0.5) is 8.78 Å². The van der Waals surface area contributed by atoms with Gasteiger partial charge in [0.2, 0.25) is 0 Å². The quantitative estimate of drug-likeness (QED) is 0.798. The lowest BCUT2D eigenvalue weighted by Crippen LogP contribution is -2.19. The summed E-state index contributed by atoms with van der Waals surface area (Å²) in [5.41, 5.74) is 1.81. The molecular weight excluding hydrogens is 274 g/mol. The highest BCUT2D eigenvalue weighted by atomic mass is 19.1. The molecule has 1 N–H and O–H groups in total. The third-order valence-electron chi connectivity index (χ3n) is 3.60. The number of furan rings is 1. The van der Waals surface area contributed by atoms with E-state index in [9.17, 15) is 8.78 Å². The van der Waals surface area contributed by atoms with Crippen molar-refractivity contribution in [2.45, 2.75) is 13.0 Å². The van der Waals surface area contributed by atoms with Crippen molar-refractivity contribution in [1.29, 1.82) is 0 Å². The van der Waals surface area contributed by atoms with Gasteiger partial charge in [0.05, 0.1) is 12.2 Å². The minimum Gasteiger partial charge on any atom is -0.459 e. The molecule has 2 aromatic heterocycles. The predicted molar refractivity (Wildman–Crippen MR) is 76.0 cm³/mol. The average molecular weight is 288 g/mol. The molecular formula is C16H14F2N2O.